The van der Waals surface area contributed by atoms with Crippen LogP contribution in [0.4, 0.5) is 0 Å². The lowest BCUT2D eigenvalue weighted by Crippen LogP contribution is -2.42. The van der Waals surface area contributed by atoms with E-state index in [1.54, 1.807) is 0 Å². The molecule has 0 saturated carbocycles. The highest BCUT2D eigenvalue weighted by atomic mass is 79.9. The van der Waals surface area contributed by atoms with Crippen LogP contribution in [0.15, 0.2) is 10.5 Å². The summed E-state index contributed by atoms with van der Waals surface area (Å²) >= 11 is 3.39. The van der Waals surface area contributed by atoms with Gasteiger partial charge >= 0.3 is 0 Å². The van der Waals surface area contributed by atoms with Gasteiger partial charge in [0.05, 0.1) is 0 Å². The predicted octanol–water partition coefficient (Wildman–Crippen LogP) is 1.99. The van der Waals surface area contributed by atoms with E-state index < -0.39 is 0 Å². The Hall–Kier alpha value is -0.520. The van der Waals surface area contributed by atoms with Crippen molar-refractivity contribution in [2.75, 3.05) is 13.1 Å². The zero-order valence-corrected chi connectivity index (χ0v) is 12.1. The molecule has 0 aromatic carbocycles. The number of carbonyl (C=O) groups is 1. The van der Waals surface area contributed by atoms with E-state index in [-0.39, 0.29) is 18.3 Å². The highest BCUT2D eigenvalue weighted by molar-refractivity contribution is 9.10. The third kappa shape index (κ3) is 3.72. The van der Waals surface area contributed by atoms with Crippen LogP contribution in [-0.2, 0) is 0 Å². The largest absolute Gasteiger partial charge is 0.354 e. The van der Waals surface area contributed by atoms with E-state index in [9.17, 15) is 4.79 Å². The first-order valence-corrected chi connectivity index (χ1v) is 6.33. The second kappa shape index (κ2) is 6.42. The summed E-state index contributed by atoms with van der Waals surface area (Å²) in [6.07, 6.45) is 2.01. The van der Waals surface area contributed by atoms with Crippen LogP contribution in [0.3, 0.4) is 0 Å². The standard InChI is InChI=1S/C11H16BrN3O.ClH/c1-7-9(12)6-10(14-7)11(16)15-8-2-4-13-5-3-8;/h6,8,13-14H,2-5H2,1H3,(H,15,16);1H. The van der Waals surface area contributed by atoms with Crippen LogP contribution in [0, 0.1) is 6.92 Å². The number of nitrogens with one attached hydrogen (secondary N) is 3. The average Bonchev–Trinajstić information content (AvgIpc) is 2.61. The molecule has 4 nitrogen and oxygen atoms in total. The zero-order valence-electron chi connectivity index (χ0n) is 9.68. The molecular formula is C11H17BrClN3O. The van der Waals surface area contributed by atoms with Gasteiger partial charge in [-0.15, -0.1) is 12.4 Å². The van der Waals surface area contributed by atoms with Crippen molar-refractivity contribution in [3.8, 4) is 0 Å². The molecule has 0 bridgehead atoms. The minimum atomic E-state index is -0.0132. The molecule has 6 heteroatoms. The molecule has 1 aliphatic heterocycles. The summed E-state index contributed by atoms with van der Waals surface area (Å²) in [6.45, 7) is 3.90. The summed E-state index contributed by atoms with van der Waals surface area (Å²) in [5.74, 6) is -0.0132. The Balaban J connectivity index is 0.00000144. The molecule has 1 aromatic rings. The van der Waals surface area contributed by atoms with Crippen LogP contribution in [0.1, 0.15) is 29.0 Å². The van der Waals surface area contributed by atoms with Crippen molar-refractivity contribution in [2.24, 2.45) is 0 Å². The van der Waals surface area contributed by atoms with Crippen molar-refractivity contribution in [3.05, 3.63) is 21.9 Å². The molecule has 1 amide bonds. The van der Waals surface area contributed by atoms with Crippen molar-refractivity contribution < 1.29 is 4.79 Å². The van der Waals surface area contributed by atoms with E-state index in [4.69, 9.17) is 0 Å². The molecule has 0 atom stereocenters. The van der Waals surface area contributed by atoms with Gasteiger partial charge in [-0.1, -0.05) is 0 Å². The lowest BCUT2D eigenvalue weighted by atomic mass is 10.1. The van der Waals surface area contributed by atoms with E-state index in [1.165, 1.54) is 0 Å². The molecule has 17 heavy (non-hydrogen) atoms. The number of carbonyl (C=O) groups excluding carboxylic acids is 1. The molecule has 2 heterocycles. The van der Waals surface area contributed by atoms with E-state index in [1.807, 2.05) is 13.0 Å². The summed E-state index contributed by atoms with van der Waals surface area (Å²) in [7, 11) is 0. The topological polar surface area (TPSA) is 56.9 Å². The number of H-pyrrole nitrogens is 1. The SMILES string of the molecule is Cc1[nH]c(C(=O)NC2CCNCC2)cc1Br.Cl. The molecule has 3 N–H and O–H groups in total. The Bertz CT molecular complexity index is 369. The van der Waals surface area contributed by atoms with Crippen molar-refractivity contribution in [1.82, 2.24) is 15.6 Å². The summed E-state index contributed by atoms with van der Waals surface area (Å²) in [5, 5.41) is 6.32. The van der Waals surface area contributed by atoms with Crippen LogP contribution in [0.2, 0.25) is 0 Å². The Morgan fingerprint density at radius 1 is 1.47 bits per heavy atom. The molecule has 1 aliphatic rings. The second-order valence-corrected chi connectivity index (χ2v) is 5.01. The Kier molecular flexibility index (Phi) is 5.49. The molecule has 1 aromatic heterocycles. The number of halogens is 2. The van der Waals surface area contributed by atoms with Gasteiger partial charge in [0.2, 0.25) is 0 Å². The summed E-state index contributed by atoms with van der Waals surface area (Å²) in [5.41, 5.74) is 1.61. The number of piperidine rings is 1. The number of aromatic nitrogens is 1. The molecule has 1 fully saturated rings. The van der Waals surface area contributed by atoms with Crippen LogP contribution < -0.4 is 10.6 Å². The molecule has 0 spiro atoms. The summed E-state index contributed by atoms with van der Waals surface area (Å²) < 4.78 is 0.947. The number of aromatic amines is 1. The first-order valence-electron chi connectivity index (χ1n) is 5.53. The molecule has 1 saturated heterocycles. The number of hydrogen-bond acceptors (Lipinski definition) is 2. The predicted molar refractivity (Wildman–Crippen MR) is 73.8 cm³/mol. The van der Waals surface area contributed by atoms with Crippen LogP contribution >= 0.6 is 28.3 Å². The molecular weight excluding hydrogens is 305 g/mol. The number of aryl methyl sites for hydroxylation is 1. The van der Waals surface area contributed by atoms with Gasteiger partial charge in [-0.05, 0) is 54.9 Å². The lowest BCUT2D eigenvalue weighted by Gasteiger charge is -2.23. The average molecular weight is 323 g/mol. The lowest BCUT2D eigenvalue weighted by molar-refractivity contribution is 0.0925. The van der Waals surface area contributed by atoms with E-state index in [0.717, 1.165) is 36.1 Å². The molecule has 0 radical (unpaired) electrons. The van der Waals surface area contributed by atoms with E-state index in [2.05, 4.69) is 31.5 Å². The highest BCUT2D eigenvalue weighted by Gasteiger charge is 2.17. The maximum absolute atomic E-state index is 11.9. The molecule has 96 valence electrons. The van der Waals surface area contributed by atoms with Crippen LogP contribution in [0.25, 0.3) is 0 Å². The van der Waals surface area contributed by atoms with E-state index in [0.29, 0.717) is 11.7 Å². The number of hydrogen-bond donors (Lipinski definition) is 3. The van der Waals surface area contributed by atoms with Crippen LogP contribution in [0.5, 0.6) is 0 Å². The Labute approximate surface area is 115 Å². The maximum Gasteiger partial charge on any atom is 0.267 e. The van der Waals surface area contributed by atoms with Crippen molar-refractivity contribution in [1.29, 1.82) is 0 Å². The van der Waals surface area contributed by atoms with Gasteiger partial charge in [0.15, 0.2) is 0 Å². The van der Waals surface area contributed by atoms with Gasteiger partial charge in [-0.2, -0.15) is 0 Å². The quantitative estimate of drug-likeness (QED) is 0.780. The van der Waals surface area contributed by atoms with Gasteiger partial charge in [0.25, 0.3) is 5.91 Å². The van der Waals surface area contributed by atoms with Gasteiger partial charge in [-0.3, -0.25) is 4.79 Å². The third-order valence-electron chi connectivity index (χ3n) is 2.87. The van der Waals surface area contributed by atoms with Crippen molar-refractivity contribution in [2.45, 2.75) is 25.8 Å². The fourth-order valence-electron chi connectivity index (χ4n) is 1.88. The minimum absolute atomic E-state index is 0. The maximum atomic E-state index is 11.9. The fraction of sp³-hybridized carbons (Fsp3) is 0.545. The zero-order chi connectivity index (χ0) is 11.5. The molecule has 2 rings (SSSR count). The normalized spacial score (nSPS) is 16.4. The first kappa shape index (κ1) is 14.5. The summed E-state index contributed by atoms with van der Waals surface area (Å²) in [4.78, 5) is 15.0. The third-order valence-corrected chi connectivity index (χ3v) is 3.69. The van der Waals surface area contributed by atoms with Crippen molar-refractivity contribution >= 4 is 34.2 Å². The van der Waals surface area contributed by atoms with Gasteiger partial charge < -0.3 is 15.6 Å². The second-order valence-electron chi connectivity index (χ2n) is 4.15. The smallest absolute Gasteiger partial charge is 0.267 e. The Morgan fingerprint density at radius 3 is 2.65 bits per heavy atom. The number of rotatable bonds is 2. The van der Waals surface area contributed by atoms with Crippen LogP contribution in [-0.4, -0.2) is 30.0 Å². The van der Waals surface area contributed by atoms with Gasteiger partial charge in [0.1, 0.15) is 5.69 Å². The molecule has 0 unspecified atom stereocenters. The van der Waals surface area contributed by atoms with Crippen molar-refractivity contribution in [3.63, 3.8) is 0 Å². The minimum Gasteiger partial charge on any atom is -0.354 e. The summed E-state index contributed by atoms with van der Waals surface area (Å²) in [6, 6.07) is 2.13. The fourth-order valence-corrected chi connectivity index (χ4v) is 2.21. The monoisotopic (exact) mass is 321 g/mol. The van der Waals surface area contributed by atoms with E-state index >= 15 is 0 Å². The molecule has 0 aliphatic carbocycles. The highest BCUT2D eigenvalue weighted by Crippen LogP contribution is 2.17. The first-order chi connectivity index (χ1) is 7.66. The number of amides is 1. The van der Waals surface area contributed by atoms with Gasteiger partial charge in [-0.25, -0.2) is 0 Å². The Morgan fingerprint density at radius 2 is 2.12 bits per heavy atom. The van der Waals surface area contributed by atoms with Gasteiger partial charge in [0, 0.05) is 16.2 Å².